The summed E-state index contributed by atoms with van der Waals surface area (Å²) in [4.78, 5) is 77.8. The topological polar surface area (TPSA) is 380 Å². The van der Waals surface area contributed by atoms with Gasteiger partial charge in [-0.05, 0) is 155 Å². The van der Waals surface area contributed by atoms with E-state index in [1.165, 1.54) is 36.5 Å². The number of carbonyl (C=O) groups is 6. The van der Waals surface area contributed by atoms with E-state index < -0.39 is 102 Å². The van der Waals surface area contributed by atoms with Gasteiger partial charge in [-0.15, -0.1) is 90.7 Å². The molecule has 127 heavy (non-hydrogen) atoms. The molecular weight excluding hydrogens is 2060 g/mol. The van der Waals surface area contributed by atoms with E-state index in [4.69, 9.17) is 44.8 Å². The van der Waals surface area contributed by atoms with Crippen LogP contribution in [0.4, 0.5) is 0 Å². The molecule has 0 bridgehead atoms. The Bertz CT molecular complexity index is 4010. The standard InChI is InChI=1S/C15H25N2O4P.C15H25N2O3P.C14H22BrN2O3P.C14H22ClN2O3P.2C14H22IN2O3P/c1-10-16-12(18)6-8-17(10)15-14(20-2)13(19)11(21-15)7-9-22(3,4)5;1-10-14(19)12(7-9-21(3,4)5)20-15(10)17-8-6-13(18)16-11(17)2;4*1-9-16-11(18)5-7-17(9)14-12(15)13(19)10(20-14)6-8-21(2,3)4/h6,8,11,13-15,19H,1,3,7,9H2,2,4-5H3,(H,16,18);6,8,10,12,14-15,19H,2-3,7,9H2,1,4-5H3,(H,16,18);4*5,7,10,12-14,19H,1-2,6,8H2,3-4H3,(H,16,18)/t11?,13-,14-,15?;10-,12?,14+,15?;4*10?,12-,13-,14?/m111111/s1. The first-order valence-electron chi connectivity index (χ1n) is 41.6. The number of alkyl halides is 4. The first-order chi connectivity index (χ1) is 58.7. The van der Waals surface area contributed by atoms with E-state index in [9.17, 15) is 59.4 Å². The number of halogens is 4. The van der Waals surface area contributed by atoms with Crippen molar-refractivity contribution in [2.75, 3.05) is 124 Å². The summed E-state index contributed by atoms with van der Waals surface area (Å²) in [6.07, 6.45) is 45.9. The quantitative estimate of drug-likeness (QED) is 0.0245. The molecule has 0 saturated carbocycles. The van der Waals surface area contributed by atoms with Crippen molar-refractivity contribution in [1.29, 1.82) is 0 Å². The zero-order chi connectivity index (χ0) is 95.4. The van der Waals surface area contributed by atoms with Crippen molar-refractivity contribution in [2.45, 2.75) is 180 Å². The number of methoxy groups -OCH3 is 1. The molecule has 6 saturated heterocycles. The molecule has 0 aromatic heterocycles. The number of rotatable bonds is 25. The van der Waals surface area contributed by atoms with Crippen LogP contribution in [0.5, 0.6) is 0 Å². The van der Waals surface area contributed by atoms with Gasteiger partial charge in [-0.25, -0.2) is 0 Å². The summed E-state index contributed by atoms with van der Waals surface area (Å²) < 4.78 is 41.2. The highest BCUT2D eigenvalue weighted by molar-refractivity contribution is 14.1. The first-order valence-corrected chi connectivity index (χ1v) is 63.8. The molecule has 714 valence electrons. The minimum Gasteiger partial charge on any atom is -0.390 e. The fraction of sp³-hybridized carbons (Fsp3) is 0.581. The average molecular weight is 2200 g/mol. The smallest absolute Gasteiger partial charge is 0.250 e. The Hall–Kier alpha value is -3.99. The van der Waals surface area contributed by atoms with E-state index in [1.54, 1.807) is 73.7 Å². The normalized spacial score (nSPS) is 33.3. The fourth-order valence-electron chi connectivity index (χ4n) is 14.8. The lowest BCUT2D eigenvalue weighted by Crippen LogP contribution is -2.47. The third kappa shape index (κ3) is 32.6. The van der Waals surface area contributed by atoms with Gasteiger partial charge in [-0.3, -0.25) is 28.8 Å². The lowest BCUT2D eigenvalue weighted by molar-refractivity contribution is -0.119. The number of ether oxygens (including phenoxy) is 7. The molecule has 12 N–H and O–H groups in total. The molecule has 0 aromatic rings. The van der Waals surface area contributed by atoms with Crippen LogP contribution in [-0.4, -0.2) is 392 Å². The van der Waals surface area contributed by atoms with Crippen molar-refractivity contribution in [3.8, 4) is 0 Å². The highest BCUT2D eigenvalue weighted by Crippen LogP contribution is 2.47. The van der Waals surface area contributed by atoms with Gasteiger partial charge in [0.2, 0.25) is 0 Å². The molecule has 0 aliphatic carbocycles. The molecule has 12 aliphatic rings. The minimum absolute atomic E-state index is 0.0577. The molecule has 12 unspecified atom stereocenters. The fourth-order valence-corrected chi connectivity index (χ4v) is 23.5. The van der Waals surface area contributed by atoms with Crippen LogP contribution in [0.1, 0.15) is 45.4 Å². The van der Waals surface area contributed by atoms with Crippen molar-refractivity contribution in [2.24, 2.45) is 5.92 Å². The van der Waals surface area contributed by atoms with Gasteiger partial charge < -0.3 is 125 Å². The molecule has 0 radical (unpaired) electrons. The minimum atomic E-state index is -1.18. The zero-order valence-electron chi connectivity index (χ0n) is 75.6. The van der Waals surface area contributed by atoms with Crippen molar-refractivity contribution >= 4 is 187 Å². The second kappa shape index (κ2) is 47.0. The second-order valence-corrected chi connectivity index (χ2v) is 67.7. The number of aliphatic hydroxyl groups is 6. The molecule has 0 aromatic carbocycles. The van der Waals surface area contributed by atoms with E-state index in [0.29, 0.717) is 34.9 Å². The summed E-state index contributed by atoms with van der Waals surface area (Å²) in [7, 11) is 1.54. The van der Waals surface area contributed by atoms with Crippen LogP contribution in [0.3, 0.4) is 0 Å². The van der Waals surface area contributed by atoms with E-state index in [1.807, 2.05) is 6.92 Å². The van der Waals surface area contributed by atoms with Crippen LogP contribution >= 0.6 is 114 Å². The van der Waals surface area contributed by atoms with Gasteiger partial charge in [-0.1, -0.05) is 108 Å². The number of aliphatic hydroxyl groups excluding tert-OH is 6. The van der Waals surface area contributed by atoms with Crippen molar-refractivity contribution in [3.05, 3.63) is 148 Å². The number of nitrogens with one attached hydrogen (secondary N) is 6. The molecule has 31 nitrogen and oxygen atoms in total. The Morgan fingerprint density at radius 1 is 0.354 bits per heavy atom. The van der Waals surface area contributed by atoms with Gasteiger partial charge in [0.05, 0.1) is 73.7 Å². The third-order valence-electron chi connectivity index (χ3n) is 22.0. The van der Waals surface area contributed by atoms with Crippen molar-refractivity contribution in [3.63, 3.8) is 0 Å². The summed E-state index contributed by atoms with van der Waals surface area (Å²) >= 11 is 14.2. The number of hydrogen-bond donors (Lipinski definition) is 12. The Labute approximate surface area is 793 Å². The maximum Gasteiger partial charge on any atom is 0.250 e. The van der Waals surface area contributed by atoms with E-state index in [2.05, 4.69) is 250 Å². The molecule has 12 aliphatic heterocycles. The average Bonchev–Trinajstić information content (AvgIpc) is 1.68. The summed E-state index contributed by atoms with van der Waals surface area (Å²) in [6.45, 7) is 44.0. The highest BCUT2D eigenvalue weighted by Gasteiger charge is 2.52. The summed E-state index contributed by atoms with van der Waals surface area (Å²) in [5, 5.41) is 77.4. The molecule has 12 heterocycles. The summed E-state index contributed by atoms with van der Waals surface area (Å²) in [5.74, 6) is 1.40. The van der Waals surface area contributed by atoms with Gasteiger partial charge in [0.15, 0.2) is 18.7 Å². The third-order valence-corrected chi connectivity index (χ3v) is 35.0. The zero-order valence-corrected chi connectivity index (χ0v) is 87.6. The van der Waals surface area contributed by atoms with Gasteiger partial charge >= 0.3 is 0 Å². The molecule has 41 heteroatoms. The van der Waals surface area contributed by atoms with Gasteiger partial charge in [0, 0.05) is 86.7 Å². The number of carbonyl (C=O) groups excluding carboxylic acids is 6. The number of nitrogens with zero attached hydrogens (tertiary/aromatic N) is 6. The van der Waals surface area contributed by atoms with Crippen LogP contribution in [-0.2, 0) is 61.9 Å². The first kappa shape index (κ1) is 110. The van der Waals surface area contributed by atoms with Crippen LogP contribution in [0.15, 0.2) is 148 Å². The molecule has 6 amide bonds. The Morgan fingerprint density at radius 3 is 0.850 bits per heavy atom. The molecule has 0 spiro atoms. The lowest BCUT2D eigenvalue weighted by atomic mass is 10.00. The maximum atomic E-state index is 11.3. The SMILES string of the molecule is C=C1NC(=O)C=CN1C1OC(CCP(=C)(C)C)[C@@H](O)[C@H]1Br.C=C1NC(=O)C=CN1C1OC(CCP(=C)(C)C)[C@@H](O)[C@H]1C.C=C1NC(=O)C=CN1C1OC(CCP(=C)(C)C)[C@@H](O)[C@H]1Cl.C=C1NC(=O)C=CN1C1OC(CCP(=C)(C)C)[C@@H](O)[C@H]1I.C=C1NC(=O)C=CN1C1OC(CCP(=C)(C)C)[C@@H](O)[C@H]1I.C=C1NC(=O)C=CN1C1OC(CCP(=C)(C)C)[C@@H](O)[C@H]1OC. The van der Waals surface area contributed by atoms with Gasteiger partial charge in [0.25, 0.3) is 35.4 Å². The largest absolute Gasteiger partial charge is 0.390 e. The highest BCUT2D eigenvalue weighted by atomic mass is 127. The predicted molar refractivity (Wildman–Crippen MR) is 548 cm³/mol. The van der Waals surface area contributed by atoms with E-state index >= 15 is 0 Å². The Morgan fingerprint density at radius 2 is 0.567 bits per heavy atom. The van der Waals surface area contributed by atoms with Crippen LogP contribution in [0.25, 0.3) is 0 Å². The number of amides is 6. The Kier molecular flexibility index (Phi) is 40.7. The summed E-state index contributed by atoms with van der Waals surface area (Å²) in [5.41, 5.74) is 0. The molecule has 12 rings (SSSR count). The number of hydrogen-bond acceptors (Lipinski definition) is 25. The van der Waals surface area contributed by atoms with Gasteiger partial charge in [-0.2, -0.15) is 0 Å². The monoisotopic (exact) mass is 2200 g/mol. The van der Waals surface area contributed by atoms with Crippen LogP contribution in [0, 0.1) is 5.92 Å². The lowest BCUT2D eigenvalue weighted by Gasteiger charge is -2.33. The van der Waals surface area contributed by atoms with Gasteiger partial charge in [0.1, 0.15) is 77.3 Å². The van der Waals surface area contributed by atoms with E-state index in [-0.39, 0.29) is 116 Å². The van der Waals surface area contributed by atoms with Crippen LogP contribution in [0.2, 0.25) is 0 Å². The van der Waals surface area contributed by atoms with Crippen molar-refractivity contribution in [1.82, 2.24) is 61.3 Å². The molecule has 24 atom stereocenters. The van der Waals surface area contributed by atoms with Crippen LogP contribution < -0.4 is 31.9 Å². The molecular formula is C86H138BrClI2N12O19P6. The molecule has 6 fully saturated rings. The predicted octanol–water partition coefficient (Wildman–Crippen LogP) is 7.16. The van der Waals surface area contributed by atoms with Crippen molar-refractivity contribution < 1.29 is 92.6 Å². The van der Waals surface area contributed by atoms with E-state index in [0.717, 1.165) is 75.5 Å². The Balaban J connectivity index is 0.000000209. The maximum absolute atomic E-state index is 11.3. The second-order valence-electron chi connectivity index (χ2n) is 37.3. The summed E-state index contributed by atoms with van der Waals surface area (Å²) in [6, 6.07) is 0.